The Balaban J connectivity index is 2.58. The molecule has 0 amide bonds. The molecule has 1 rings (SSSR count). The number of aliphatic hydroxyl groups excluding tert-OH is 1. The second-order valence-electron chi connectivity index (χ2n) is 5.66. The Morgan fingerprint density at radius 1 is 1.39 bits per heavy atom. The van der Waals surface area contributed by atoms with E-state index in [9.17, 15) is 5.11 Å². The van der Waals surface area contributed by atoms with Crippen LogP contribution in [0.5, 0.6) is 5.88 Å². The van der Waals surface area contributed by atoms with Crippen LogP contribution < -0.4 is 10.1 Å². The predicted molar refractivity (Wildman–Crippen MR) is 71.9 cm³/mol. The normalized spacial score (nSPS) is 13.2. The van der Waals surface area contributed by atoms with Crippen molar-refractivity contribution in [1.82, 2.24) is 9.97 Å². The fraction of sp³-hybridized carbons (Fsp3) is 0.692. The average molecular weight is 253 g/mol. The highest BCUT2D eigenvalue weighted by Crippen LogP contribution is 2.22. The number of hydrogen-bond donors (Lipinski definition) is 2. The van der Waals surface area contributed by atoms with Crippen molar-refractivity contribution in [1.29, 1.82) is 0 Å². The molecule has 18 heavy (non-hydrogen) atoms. The molecule has 0 spiro atoms. The van der Waals surface area contributed by atoms with E-state index in [1.165, 1.54) is 6.33 Å². The van der Waals surface area contributed by atoms with Crippen LogP contribution in [-0.2, 0) is 0 Å². The van der Waals surface area contributed by atoms with Crippen molar-refractivity contribution in [2.75, 3.05) is 19.0 Å². The Morgan fingerprint density at radius 3 is 2.61 bits per heavy atom. The highest BCUT2D eigenvalue weighted by molar-refractivity contribution is 5.47. The van der Waals surface area contributed by atoms with Gasteiger partial charge in [0.15, 0.2) is 0 Å². The molecule has 102 valence electrons. The Labute approximate surface area is 109 Å². The topological polar surface area (TPSA) is 67.3 Å². The van der Waals surface area contributed by atoms with E-state index in [4.69, 9.17) is 4.74 Å². The van der Waals surface area contributed by atoms with Crippen molar-refractivity contribution in [2.24, 2.45) is 5.41 Å². The van der Waals surface area contributed by atoms with Gasteiger partial charge in [-0.1, -0.05) is 20.8 Å². The first-order valence-corrected chi connectivity index (χ1v) is 6.11. The molecule has 0 fully saturated rings. The van der Waals surface area contributed by atoms with Crippen LogP contribution in [-0.4, -0.2) is 34.8 Å². The zero-order valence-electron chi connectivity index (χ0n) is 11.8. The van der Waals surface area contributed by atoms with Crippen molar-refractivity contribution >= 4 is 5.82 Å². The van der Waals surface area contributed by atoms with Gasteiger partial charge >= 0.3 is 0 Å². The molecule has 0 aliphatic heterocycles. The quantitative estimate of drug-likeness (QED) is 0.840. The monoisotopic (exact) mass is 253 g/mol. The van der Waals surface area contributed by atoms with Gasteiger partial charge in [-0.05, 0) is 18.8 Å². The van der Waals surface area contributed by atoms with Crippen LogP contribution in [0.2, 0.25) is 0 Å². The lowest BCUT2D eigenvalue weighted by molar-refractivity contribution is 0.132. The molecule has 1 heterocycles. The summed E-state index contributed by atoms with van der Waals surface area (Å²) in [6, 6.07) is 0. The summed E-state index contributed by atoms with van der Waals surface area (Å²) in [4.78, 5) is 8.15. The molecule has 0 aromatic carbocycles. The summed E-state index contributed by atoms with van der Waals surface area (Å²) >= 11 is 0. The van der Waals surface area contributed by atoms with Crippen LogP contribution in [0.4, 0.5) is 5.82 Å². The largest absolute Gasteiger partial charge is 0.481 e. The average Bonchev–Trinajstić information content (AvgIpc) is 2.25. The number of anilines is 1. The minimum absolute atomic E-state index is 0.111. The van der Waals surface area contributed by atoms with E-state index in [1.807, 2.05) is 6.92 Å². The van der Waals surface area contributed by atoms with Gasteiger partial charge < -0.3 is 15.2 Å². The minimum atomic E-state index is -0.398. The summed E-state index contributed by atoms with van der Waals surface area (Å²) in [7, 11) is 1.58. The lowest BCUT2D eigenvalue weighted by Gasteiger charge is -2.22. The molecular formula is C13H23N3O2. The summed E-state index contributed by atoms with van der Waals surface area (Å²) in [5.74, 6) is 1.26. The molecule has 1 aromatic heterocycles. The lowest BCUT2D eigenvalue weighted by atomic mass is 9.89. The van der Waals surface area contributed by atoms with Crippen molar-refractivity contribution < 1.29 is 9.84 Å². The van der Waals surface area contributed by atoms with E-state index >= 15 is 0 Å². The van der Waals surface area contributed by atoms with E-state index in [2.05, 4.69) is 36.1 Å². The Morgan fingerprint density at radius 2 is 2.06 bits per heavy atom. The van der Waals surface area contributed by atoms with E-state index < -0.39 is 6.10 Å². The molecule has 0 aliphatic rings. The molecule has 0 aliphatic carbocycles. The highest BCUT2D eigenvalue weighted by atomic mass is 16.5. The predicted octanol–water partition coefficient (Wildman–Crippen LogP) is 2.00. The molecular weight excluding hydrogens is 230 g/mol. The van der Waals surface area contributed by atoms with E-state index in [1.54, 1.807) is 7.11 Å². The summed E-state index contributed by atoms with van der Waals surface area (Å²) < 4.78 is 5.12. The van der Waals surface area contributed by atoms with Crippen LogP contribution in [0.1, 0.15) is 32.8 Å². The molecule has 0 radical (unpaired) electrons. The van der Waals surface area contributed by atoms with Gasteiger partial charge in [-0.2, -0.15) is 0 Å². The molecule has 5 heteroatoms. The maximum absolute atomic E-state index is 9.93. The van der Waals surface area contributed by atoms with Gasteiger partial charge in [0.2, 0.25) is 5.88 Å². The second kappa shape index (κ2) is 6.00. The molecule has 2 N–H and O–H groups in total. The van der Waals surface area contributed by atoms with Gasteiger partial charge in [-0.15, -0.1) is 0 Å². The fourth-order valence-electron chi connectivity index (χ4n) is 1.81. The molecule has 5 nitrogen and oxygen atoms in total. The third-order valence-corrected chi connectivity index (χ3v) is 2.58. The third kappa shape index (κ3) is 4.49. The van der Waals surface area contributed by atoms with Gasteiger partial charge in [0.25, 0.3) is 0 Å². The molecule has 1 unspecified atom stereocenters. The standard InChI is InChI=1S/C13H23N3O2/c1-9-11(15-8-16-12(9)18-5)14-7-10(17)6-13(2,3)4/h8,10,17H,6-7H2,1-5H3,(H,14,15,16). The number of hydrogen-bond acceptors (Lipinski definition) is 5. The number of methoxy groups -OCH3 is 1. The number of aromatic nitrogens is 2. The zero-order chi connectivity index (χ0) is 13.8. The number of rotatable bonds is 5. The summed E-state index contributed by atoms with van der Waals surface area (Å²) in [5.41, 5.74) is 0.961. The van der Waals surface area contributed by atoms with Crippen LogP contribution >= 0.6 is 0 Å². The van der Waals surface area contributed by atoms with Gasteiger partial charge in [0, 0.05) is 6.54 Å². The molecule has 1 aromatic rings. The minimum Gasteiger partial charge on any atom is -0.481 e. The molecule has 0 saturated heterocycles. The molecule has 1 atom stereocenters. The van der Waals surface area contributed by atoms with Gasteiger partial charge in [0.05, 0.1) is 18.8 Å². The maximum Gasteiger partial charge on any atom is 0.221 e. The first-order valence-electron chi connectivity index (χ1n) is 6.11. The maximum atomic E-state index is 9.93. The molecule has 0 saturated carbocycles. The summed E-state index contributed by atoms with van der Waals surface area (Å²) in [6.07, 6.45) is 1.79. The van der Waals surface area contributed by atoms with E-state index in [0.717, 1.165) is 12.0 Å². The van der Waals surface area contributed by atoms with Crippen molar-refractivity contribution in [3.63, 3.8) is 0 Å². The zero-order valence-corrected chi connectivity index (χ0v) is 11.8. The highest BCUT2D eigenvalue weighted by Gasteiger charge is 2.17. The molecule has 0 bridgehead atoms. The second-order valence-corrected chi connectivity index (χ2v) is 5.66. The lowest BCUT2D eigenvalue weighted by Crippen LogP contribution is -2.25. The Hall–Kier alpha value is -1.36. The van der Waals surface area contributed by atoms with Crippen molar-refractivity contribution in [2.45, 2.75) is 40.2 Å². The first kappa shape index (κ1) is 14.7. The van der Waals surface area contributed by atoms with Crippen molar-refractivity contribution in [3.8, 4) is 5.88 Å². The van der Waals surface area contributed by atoms with Crippen LogP contribution in [0.25, 0.3) is 0 Å². The van der Waals surface area contributed by atoms with Crippen molar-refractivity contribution in [3.05, 3.63) is 11.9 Å². The number of aliphatic hydroxyl groups is 1. The number of ether oxygens (including phenoxy) is 1. The third-order valence-electron chi connectivity index (χ3n) is 2.58. The van der Waals surface area contributed by atoms with Gasteiger partial charge in [-0.3, -0.25) is 0 Å². The van der Waals surface area contributed by atoms with E-state index in [0.29, 0.717) is 18.2 Å². The SMILES string of the molecule is COc1ncnc(NCC(O)CC(C)(C)C)c1C. The van der Waals surface area contributed by atoms with Crippen LogP contribution in [0.15, 0.2) is 6.33 Å². The van der Waals surface area contributed by atoms with Gasteiger partial charge in [-0.25, -0.2) is 9.97 Å². The van der Waals surface area contributed by atoms with E-state index in [-0.39, 0.29) is 5.41 Å². The van der Waals surface area contributed by atoms with Gasteiger partial charge in [0.1, 0.15) is 12.1 Å². The summed E-state index contributed by atoms with van der Waals surface area (Å²) in [5, 5.41) is 13.1. The number of nitrogens with zero attached hydrogens (tertiary/aromatic N) is 2. The number of nitrogens with one attached hydrogen (secondary N) is 1. The summed E-state index contributed by atoms with van der Waals surface area (Å²) in [6.45, 7) is 8.68. The smallest absolute Gasteiger partial charge is 0.221 e. The fourth-order valence-corrected chi connectivity index (χ4v) is 1.81. The Bertz CT molecular complexity index is 388. The van der Waals surface area contributed by atoms with Crippen LogP contribution in [0.3, 0.4) is 0 Å². The first-order chi connectivity index (χ1) is 8.33. The van der Waals surface area contributed by atoms with Crippen LogP contribution in [0, 0.1) is 12.3 Å². The Kier molecular flexibility index (Phi) is 4.90.